The SMILES string of the molecule is COC(C)c1nsc(NCCc2ncon2)n1. The fourth-order valence-electron chi connectivity index (χ4n) is 1.16. The Morgan fingerprint density at radius 2 is 2.47 bits per heavy atom. The van der Waals surface area contributed by atoms with Crippen LogP contribution in [0.25, 0.3) is 0 Å². The first kappa shape index (κ1) is 11.9. The maximum Gasteiger partial charge on any atom is 0.213 e. The Morgan fingerprint density at radius 3 is 3.18 bits per heavy atom. The summed E-state index contributed by atoms with van der Waals surface area (Å²) in [6.07, 6.45) is 1.92. The van der Waals surface area contributed by atoms with Crippen LogP contribution < -0.4 is 5.32 Å². The minimum absolute atomic E-state index is 0.0843. The zero-order chi connectivity index (χ0) is 12.1. The largest absolute Gasteiger partial charge is 0.374 e. The van der Waals surface area contributed by atoms with Crippen LogP contribution in [0, 0.1) is 0 Å². The van der Waals surface area contributed by atoms with E-state index in [9.17, 15) is 0 Å². The summed E-state index contributed by atoms with van der Waals surface area (Å²) in [5, 5.41) is 7.64. The second kappa shape index (κ2) is 5.69. The summed E-state index contributed by atoms with van der Waals surface area (Å²) in [5.41, 5.74) is 0. The molecule has 2 rings (SSSR count). The summed E-state index contributed by atoms with van der Waals surface area (Å²) in [4.78, 5) is 8.23. The first-order valence-corrected chi connectivity index (χ1v) is 5.92. The maximum absolute atomic E-state index is 5.13. The lowest BCUT2D eigenvalue weighted by Gasteiger charge is -2.02. The average Bonchev–Trinajstić information content (AvgIpc) is 2.99. The molecule has 2 aromatic heterocycles. The molecule has 0 saturated heterocycles. The summed E-state index contributed by atoms with van der Waals surface area (Å²) in [5.74, 6) is 1.37. The molecular weight excluding hydrogens is 242 g/mol. The molecule has 0 saturated carbocycles. The Labute approximate surface area is 102 Å². The van der Waals surface area contributed by atoms with Crippen molar-refractivity contribution in [3.05, 3.63) is 18.0 Å². The van der Waals surface area contributed by atoms with E-state index in [4.69, 9.17) is 4.74 Å². The molecule has 0 aliphatic rings. The molecule has 1 N–H and O–H groups in total. The van der Waals surface area contributed by atoms with Gasteiger partial charge in [-0.05, 0) is 6.92 Å². The second-order valence-corrected chi connectivity index (χ2v) is 4.11. The number of anilines is 1. The summed E-state index contributed by atoms with van der Waals surface area (Å²) in [7, 11) is 1.63. The van der Waals surface area contributed by atoms with Crippen molar-refractivity contribution in [2.75, 3.05) is 19.0 Å². The van der Waals surface area contributed by atoms with E-state index >= 15 is 0 Å². The molecule has 0 radical (unpaired) electrons. The Hall–Kier alpha value is -1.54. The highest BCUT2D eigenvalue weighted by molar-refractivity contribution is 7.09. The molecule has 1 unspecified atom stereocenters. The minimum Gasteiger partial charge on any atom is -0.374 e. The summed E-state index contributed by atoms with van der Waals surface area (Å²) < 4.78 is 14.0. The summed E-state index contributed by atoms with van der Waals surface area (Å²) >= 11 is 1.31. The lowest BCUT2D eigenvalue weighted by molar-refractivity contribution is 0.113. The summed E-state index contributed by atoms with van der Waals surface area (Å²) in [6.45, 7) is 2.60. The normalized spacial score (nSPS) is 12.6. The number of ether oxygens (including phenoxy) is 1. The Bertz CT molecular complexity index is 444. The molecule has 0 aliphatic heterocycles. The monoisotopic (exact) mass is 255 g/mol. The van der Waals surface area contributed by atoms with Gasteiger partial charge < -0.3 is 14.6 Å². The van der Waals surface area contributed by atoms with E-state index in [1.807, 2.05) is 6.92 Å². The van der Waals surface area contributed by atoms with Crippen LogP contribution in [0.3, 0.4) is 0 Å². The van der Waals surface area contributed by atoms with Gasteiger partial charge in [-0.15, -0.1) is 0 Å². The number of hydrogen-bond acceptors (Lipinski definition) is 8. The molecular formula is C9H13N5O2S. The molecule has 0 bridgehead atoms. The first-order valence-electron chi connectivity index (χ1n) is 5.15. The van der Waals surface area contributed by atoms with Gasteiger partial charge in [0.15, 0.2) is 11.6 Å². The van der Waals surface area contributed by atoms with Crippen molar-refractivity contribution in [3.8, 4) is 0 Å². The third-order valence-corrected chi connectivity index (χ3v) is 2.88. The Morgan fingerprint density at radius 1 is 1.59 bits per heavy atom. The van der Waals surface area contributed by atoms with Gasteiger partial charge in [0.25, 0.3) is 0 Å². The maximum atomic E-state index is 5.13. The highest BCUT2D eigenvalue weighted by Gasteiger charge is 2.10. The van der Waals surface area contributed by atoms with Crippen molar-refractivity contribution < 1.29 is 9.26 Å². The number of rotatable bonds is 6. The van der Waals surface area contributed by atoms with Crippen molar-refractivity contribution in [1.82, 2.24) is 19.5 Å². The van der Waals surface area contributed by atoms with E-state index in [-0.39, 0.29) is 6.10 Å². The Kier molecular flexibility index (Phi) is 3.99. The number of nitrogens with one attached hydrogen (secondary N) is 1. The summed E-state index contributed by atoms with van der Waals surface area (Å²) in [6, 6.07) is 0. The van der Waals surface area contributed by atoms with Gasteiger partial charge in [0.2, 0.25) is 11.5 Å². The fourth-order valence-corrected chi connectivity index (χ4v) is 1.83. The third kappa shape index (κ3) is 3.21. The van der Waals surface area contributed by atoms with Crippen LogP contribution in [0.2, 0.25) is 0 Å². The molecule has 0 aromatic carbocycles. The van der Waals surface area contributed by atoms with Crippen molar-refractivity contribution in [3.63, 3.8) is 0 Å². The van der Waals surface area contributed by atoms with E-state index in [1.165, 1.54) is 17.9 Å². The highest BCUT2D eigenvalue weighted by Crippen LogP contribution is 2.17. The molecule has 0 spiro atoms. The third-order valence-electron chi connectivity index (χ3n) is 2.19. The van der Waals surface area contributed by atoms with E-state index in [1.54, 1.807) is 7.11 Å². The molecule has 8 heteroatoms. The topological polar surface area (TPSA) is 86.0 Å². The van der Waals surface area contributed by atoms with Gasteiger partial charge in [0, 0.05) is 31.6 Å². The van der Waals surface area contributed by atoms with Crippen LogP contribution in [0.15, 0.2) is 10.9 Å². The molecule has 0 fully saturated rings. The molecule has 7 nitrogen and oxygen atoms in total. The quantitative estimate of drug-likeness (QED) is 0.832. The van der Waals surface area contributed by atoms with Crippen LogP contribution in [0.5, 0.6) is 0 Å². The molecule has 17 heavy (non-hydrogen) atoms. The van der Waals surface area contributed by atoms with E-state index < -0.39 is 0 Å². The molecule has 92 valence electrons. The van der Waals surface area contributed by atoms with Gasteiger partial charge in [0.05, 0.1) is 0 Å². The van der Waals surface area contributed by atoms with Crippen LogP contribution in [0.1, 0.15) is 24.7 Å². The predicted molar refractivity (Wildman–Crippen MR) is 61.8 cm³/mol. The molecule has 1 atom stereocenters. The van der Waals surface area contributed by atoms with Crippen LogP contribution >= 0.6 is 11.5 Å². The standard InChI is InChI=1S/C9H13N5O2S/c1-6(15-2)8-12-9(17-14-8)10-4-3-7-11-5-16-13-7/h5-6H,3-4H2,1-2H3,(H,10,12,14). The molecule has 0 amide bonds. The van der Waals surface area contributed by atoms with Crippen LogP contribution in [-0.4, -0.2) is 33.2 Å². The molecule has 0 aliphatic carbocycles. The van der Waals surface area contributed by atoms with Gasteiger partial charge in [-0.1, -0.05) is 5.16 Å². The van der Waals surface area contributed by atoms with E-state index in [2.05, 4.69) is 29.3 Å². The first-order chi connectivity index (χ1) is 8.29. The molecule has 2 aromatic rings. The zero-order valence-electron chi connectivity index (χ0n) is 9.58. The van der Waals surface area contributed by atoms with Gasteiger partial charge in [-0.2, -0.15) is 9.36 Å². The van der Waals surface area contributed by atoms with Gasteiger partial charge in [-0.25, -0.2) is 4.98 Å². The van der Waals surface area contributed by atoms with Crippen molar-refractivity contribution in [1.29, 1.82) is 0 Å². The Balaban J connectivity index is 1.81. The van der Waals surface area contributed by atoms with Gasteiger partial charge >= 0.3 is 0 Å². The predicted octanol–water partition coefficient (Wildman–Crippen LogP) is 1.28. The smallest absolute Gasteiger partial charge is 0.213 e. The van der Waals surface area contributed by atoms with Crippen LogP contribution in [0.4, 0.5) is 5.13 Å². The minimum atomic E-state index is -0.0843. The lowest BCUT2D eigenvalue weighted by atomic mass is 10.4. The number of nitrogens with zero attached hydrogens (tertiary/aromatic N) is 4. The highest BCUT2D eigenvalue weighted by atomic mass is 32.1. The van der Waals surface area contributed by atoms with E-state index in [0.29, 0.717) is 24.6 Å². The average molecular weight is 255 g/mol. The number of hydrogen-bond donors (Lipinski definition) is 1. The van der Waals surface area contributed by atoms with Gasteiger partial charge in [-0.3, -0.25) is 0 Å². The molecule has 2 heterocycles. The van der Waals surface area contributed by atoms with Crippen LogP contribution in [-0.2, 0) is 11.2 Å². The van der Waals surface area contributed by atoms with Crippen molar-refractivity contribution >= 4 is 16.7 Å². The van der Waals surface area contributed by atoms with Crippen molar-refractivity contribution in [2.45, 2.75) is 19.4 Å². The zero-order valence-corrected chi connectivity index (χ0v) is 10.4. The van der Waals surface area contributed by atoms with Gasteiger partial charge in [0.1, 0.15) is 6.10 Å². The number of aromatic nitrogens is 4. The second-order valence-electron chi connectivity index (χ2n) is 3.36. The lowest BCUT2D eigenvalue weighted by Crippen LogP contribution is -2.06. The fraction of sp³-hybridized carbons (Fsp3) is 0.556. The van der Waals surface area contributed by atoms with Crippen molar-refractivity contribution in [2.24, 2.45) is 0 Å². The number of methoxy groups -OCH3 is 1. The van der Waals surface area contributed by atoms with E-state index in [0.717, 1.165) is 5.13 Å².